The van der Waals surface area contributed by atoms with Gasteiger partial charge in [-0.25, -0.2) is 4.98 Å². The number of hydrogen-bond donors (Lipinski definition) is 1. The lowest BCUT2D eigenvalue weighted by Gasteiger charge is -2.32. The van der Waals surface area contributed by atoms with Crippen LogP contribution in [-0.4, -0.2) is 9.97 Å². The maximum atomic E-state index is 4.09. The molecule has 0 saturated heterocycles. The first-order valence-corrected chi connectivity index (χ1v) is 4.80. The first-order chi connectivity index (χ1) is 5.81. The molecule has 1 aliphatic carbocycles. The summed E-state index contributed by atoms with van der Waals surface area (Å²) in [5.41, 5.74) is 1.71. The van der Waals surface area contributed by atoms with Gasteiger partial charge in [0.05, 0.1) is 6.33 Å². The lowest BCUT2D eigenvalue weighted by Crippen LogP contribution is -2.25. The SMILES string of the molecule is CC1(c2cnc[nH]2)CCCCC1. The summed E-state index contributed by atoms with van der Waals surface area (Å²) in [6.07, 6.45) is 10.5. The van der Waals surface area contributed by atoms with Crippen LogP contribution in [-0.2, 0) is 5.41 Å². The van der Waals surface area contributed by atoms with Gasteiger partial charge >= 0.3 is 0 Å². The molecule has 1 fully saturated rings. The Balaban J connectivity index is 2.19. The third-order valence-electron chi connectivity index (χ3n) is 3.11. The quantitative estimate of drug-likeness (QED) is 0.679. The normalized spacial score (nSPS) is 22.4. The van der Waals surface area contributed by atoms with Crippen molar-refractivity contribution in [3.8, 4) is 0 Å². The monoisotopic (exact) mass is 164 g/mol. The van der Waals surface area contributed by atoms with Gasteiger partial charge in [0.25, 0.3) is 0 Å². The van der Waals surface area contributed by atoms with Crippen molar-refractivity contribution in [2.75, 3.05) is 0 Å². The summed E-state index contributed by atoms with van der Waals surface area (Å²) in [5, 5.41) is 0. The highest BCUT2D eigenvalue weighted by Gasteiger charge is 2.29. The largest absolute Gasteiger partial charge is 0.348 e. The van der Waals surface area contributed by atoms with Crippen molar-refractivity contribution >= 4 is 0 Å². The summed E-state index contributed by atoms with van der Waals surface area (Å²) in [4.78, 5) is 7.32. The van der Waals surface area contributed by atoms with Crippen LogP contribution in [0, 0.1) is 0 Å². The van der Waals surface area contributed by atoms with Gasteiger partial charge in [-0.1, -0.05) is 26.2 Å². The van der Waals surface area contributed by atoms with E-state index in [4.69, 9.17) is 0 Å². The Bertz CT molecular complexity index is 232. The van der Waals surface area contributed by atoms with Gasteiger partial charge < -0.3 is 4.98 Å². The van der Waals surface area contributed by atoms with E-state index >= 15 is 0 Å². The standard InChI is InChI=1S/C10H16N2/c1-10(5-3-2-4-6-10)9-7-11-8-12-9/h7-8H,2-6H2,1H3,(H,11,12). The minimum absolute atomic E-state index is 0.384. The summed E-state index contributed by atoms with van der Waals surface area (Å²) in [6, 6.07) is 0. The van der Waals surface area contributed by atoms with Crippen LogP contribution in [0.4, 0.5) is 0 Å². The molecule has 0 aromatic carbocycles. The molecule has 0 radical (unpaired) electrons. The topological polar surface area (TPSA) is 28.7 Å². The van der Waals surface area contributed by atoms with Crippen molar-refractivity contribution in [2.24, 2.45) is 0 Å². The first kappa shape index (κ1) is 7.84. The molecule has 12 heavy (non-hydrogen) atoms. The Morgan fingerprint density at radius 2 is 2.08 bits per heavy atom. The average molecular weight is 164 g/mol. The average Bonchev–Trinajstić information content (AvgIpc) is 2.58. The molecule has 0 amide bonds. The van der Waals surface area contributed by atoms with Gasteiger partial charge in [-0.3, -0.25) is 0 Å². The number of aromatic nitrogens is 2. The van der Waals surface area contributed by atoms with Gasteiger partial charge in [-0.05, 0) is 12.8 Å². The Morgan fingerprint density at radius 3 is 2.67 bits per heavy atom. The Hall–Kier alpha value is -0.790. The predicted octanol–water partition coefficient (Wildman–Crippen LogP) is 2.63. The third kappa shape index (κ3) is 1.26. The van der Waals surface area contributed by atoms with Crippen LogP contribution in [0.15, 0.2) is 12.5 Å². The van der Waals surface area contributed by atoms with Crippen LogP contribution in [0.2, 0.25) is 0 Å². The molecule has 1 aliphatic rings. The molecule has 2 rings (SSSR count). The molecule has 1 heterocycles. The van der Waals surface area contributed by atoms with Crippen molar-refractivity contribution in [1.29, 1.82) is 0 Å². The number of nitrogens with zero attached hydrogens (tertiary/aromatic N) is 1. The molecule has 1 aromatic heterocycles. The zero-order chi connectivity index (χ0) is 8.44. The van der Waals surface area contributed by atoms with E-state index in [0.29, 0.717) is 5.41 Å². The van der Waals surface area contributed by atoms with Crippen LogP contribution in [0.25, 0.3) is 0 Å². The molecule has 2 heteroatoms. The molecule has 1 aromatic rings. The number of imidazole rings is 1. The van der Waals surface area contributed by atoms with Gasteiger partial charge in [0.15, 0.2) is 0 Å². The number of aromatic amines is 1. The number of nitrogens with one attached hydrogen (secondary N) is 1. The maximum Gasteiger partial charge on any atom is 0.0921 e. The highest BCUT2D eigenvalue weighted by atomic mass is 14.9. The molecular weight excluding hydrogens is 148 g/mol. The summed E-state index contributed by atoms with van der Waals surface area (Å²) < 4.78 is 0. The van der Waals surface area contributed by atoms with Gasteiger partial charge in [0.1, 0.15) is 0 Å². The van der Waals surface area contributed by atoms with Crippen molar-refractivity contribution in [2.45, 2.75) is 44.4 Å². The molecule has 2 nitrogen and oxygen atoms in total. The molecule has 1 saturated carbocycles. The van der Waals surface area contributed by atoms with E-state index in [0.717, 1.165) is 0 Å². The van der Waals surface area contributed by atoms with E-state index in [9.17, 15) is 0 Å². The number of hydrogen-bond acceptors (Lipinski definition) is 1. The van der Waals surface area contributed by atoms with Crippen LogP contribution in [0.1, 0.15) is 44.7 Å². The fraction of sp³-hybridized carbons (Fsp3) is 0.700. The van der Waals surface area contributed by atoms with Crippen LogP contribution in [0.5, 0.6) is 0 Å². The van der Waals surface area contributed by atoms with E-state index in [-0.39, 0.29) is 0 Å². The van der Waals surface area contributed by atoms with Crippen LogP contribution >= 0.6 is 0 Å². The molecule has 1 N–H and O–H groups in total. The first-order valence-electron chi connectivity index (χ1n) is 4.80. The van der Waals surface area contributed by atoms with E-state index in [1.165, 1.54) is 37.8 Å². The fourth-order valence-corrected chi connectivity index (χ4v) is 2.19. The summed E-state index contributed by atoms with van der Waals surface area (Å²) >= 11 is 0. The zero-order valence-corrected chi connectivity index (χ0v) is 7.64. The second-order valence-electron chi connectivity index (χ2n) is 4.09. The zero-order valence-electron chi connectivity index (χ0n) is 7.64. The van der Waals surface area contributed by atoms with Crippen LogP contribution in [0.3, 0.4) is 0 Å². The van der Waals surface area contributed by atoms with Gasteiger partial charge in [0, 0.05) is 17.3 Å². The van der Waals surface area contributed by atoms with Gasteiger partial charge in [-0.2, -0.15) is 0 Å². The maximum absolute atomic E-state index is 4.09. The Kier molecular flexibility index (Phi) is 1.91. The Morgan fingerprint density at radius 1 is 1.33 bits per heavy atom. The van der Waals surface area contributed by atoms with Crippen LogP contribution < -0.4 is 0 Å². The van der Waals surface area contributed by atoms with Crippen molar-refractivity contribution in [1.82, 2.24) is 9.97 Å². The second-order valence-corrected chi connectivity index (χ2v) is 4.09. The van der Waals surface area contributed by atoms with Gasteiger partial charge in [0.2, 0.25) is 0 Å². The highest BCUT2D eigenvalue weighted by Crippen LogP contribution is 2.37. The summed E-state index contributed by atoms with van der Waals surface area (Å²) in [5.74, 6) is 0. The number of rotatable bonds is 1. The van der Waals surface area contributed by atoms with Crippen molar-refractivity contribution in [3.05, 3.63) is 18.2 Å². The molecule has 0 bridgehead atoms. The van der Waals surface area contributed by atoms with Crippen molar-refractivity contribution in [3.63, 3.8) is 0 Å². The smallest absolute Gasteiger partial charge is 0.0921 e. The van der Waals surface area contributed by atoms with E-state index < -0.39 is 0 Å². The summed E-state index contributed by atoms with van der Waals surface area (Å²) in [6.45, 7) is 2.35. The second kappa shape index (κ2) is 2.92. The molecule has 66 valence electrons. The highest BCUT2D eigenvalue weighted by molar-refractivity contribution is 5.12. The van der Waals surface area contributed by atoms with E-state index in [2.05, 4.69) is 16.9 Å². The molecule has 0 aliphatic heterocycles. The molecular formula is C10H16N2. The minimum atomic E-state index is 0.384. The number of H-pyrrole nitrogens is 1. The minimum Gasteiger partial charge on any atom is -0.348 e. The lowest BCUT2D eigenvalue weighted by molar-refractivity contribution is 0.313. The molecule has 0 unspecified atom stereocenters. The predicted molar refractivity (Wildman–Crippen MR) is 49.0 cm³/mol. The molecule has 0 spiro atoms. The lowest BCUT2D eigenvalue weighted by atomic mass is 9.74. The Labute approximate surface area is 73.4 Å². The van der Waals surface area contributed by atoms with E-state index in [1.807, 2.05) is 6.20 Å². The van der Waals surface area contributed by atoms with Crippen molar-refractivity contribution < 1.29 is 0 Å². The van der Waals surface area contributed by atoms with E-state index in [1.54, 1.807) is 6.33 Å². The summed E-state index contributed by atoms with van der Waals surface area (Å²) in [7, 11) is 0. The van der Waals surface area contributed by atoms with Gasteiger partial charge in [-0.15, -0.1) is 0 Å². The fourth-order valence-electron chi connectivity index (χ4n) is 2.19. The molecule has 0 atom stereocenters. The third-order valence-corrected chi connectivity index (χ3v) is 3.11.